The van der Waals surface area contributed by atoms with Crippen molar-refractivity contribution in [2.24, 2.45) is 15.9 Å². The number of pyridine rings is 1. The highest BCUT2D eigenvalue weighted by molar-refractivity contribution is 5.33. The van der Waals surface area contributed by atoms with E-state index >= 15 is 0 Å². The number of hydrogen-bond acceptors (Lipinski definition) is 5. The molecule has 5 heteroatoms. The van der Waals surface area contributed by atoms with Gasteiger partial charge in [-0.2, -0.15) is 0 Å². The molecular weight excluding hydrogens is 454 g/mol. The molecule has 0 spiro atoms. The van der Waals surface area contributed by atoms with E-state index in [2.05, 4.69) is 89.7 Å². The number of piperidine rings is 1. The van der Waals surface area contributed by atoms with Crippen LogP contribution >= 0.6 is 0 Å². The predicted molar refractivity (Wildman–Crippen MR) is 162 cm³/mol. The minimum atomic E-state index is 0.815. The van der Waals surface area contributed by atoms with Crippen molar-refractivity contribution in [1.29, 1.82) is 0 Å². The Kier molecular flexibility index (Phi) is 15.8. The Labute approximate surface area is 226 Å². The van der Waals surface area contributed by atoms with Gasteiger partial charge in [0.05, 0.1) is 0 Å². The molecular formula is C32H49N5. The first-order chi connectivity index (χ1) is 17.7. The van der Waals surface area contributed by atoms with Crippen LogP contribution in [-0.4, -0.2) is 43.5 Å². The van der Waals surface area contributed by atoms with Crippen LogP contribution in [-0.2, 0) is 13.1 Å². The summed E-state index contributed by atoms with van der Waals surface area (Å²) in [6.07, 6.45) is 9.91. The molecule has 2 aromatic rings. The minimum absolute atomic E-state index is 0.815. The Hall–Kier alpha value is -3.05. The molecule has 0 unspecified atom stereocenters. The van der Waals surface area contributed by atoms with Gasteiger partial charge < -0.3 is 10.3 Å². The third-order valence-electron chi connectivity index (χ3n) is 6.83. The van der Waals surface area contributed by atoms with Gasteiger partial charge in [0.25, 0.3) is 0 Å². The molecule has 5 nitrogen and oxygen atoms in total. The summed E-state index contributed by atoms with van der Waals surface area (Å²) < 4.78 is 0. The first-order valence-corrected chi connectivity index (χ1v) is 13.2. The monoisotopic (exact) mass is 503 g/mol. The highest BCUT2D eigenvalue weighted by atomic mass is 15.1. The van der Waals surface area contributed by atoms with Gasteiger partial charge in [-0.1, -0.05) is 35.9 Å². The molecule has 3 rings (SSSR count). The summed E-state index contributed by atoms with van der Waals surface area (Å²) in [5, 5.41) is 3.50. The van der Waals surface area contributed by atoms with Gasteiger partial charge in [0.2, 0.25) is 0 Å². The number of nitrogens with one attached hydrogen (secondary N) is 1. The van der Waals surface area contributed by atoms with Crippen molar-refractivity contribution in [3.05, 3.63) is 88.0 Å². The van der Waals surface area contributed by atoms with Crippen molar-refractivity contribution >= 4 is 13.4 Å². The number of aliphatic imine (C=N–C) groups is 2. The van der Waals surface area contributed by atoms with E-state index in [-0.39, 0.29) is 0 Å². The molecule has 0 bridgehead atoms. The van der Waals surface area contributed by atoms with Crippen LogP contribution in [0.4, 0.5) is 0 Å². The van der Waals surface area contributed by atoms with E-state index in [4.69, 9.17) is 0 Å². The van der Waals surface area contributed by atoms with Crippen LogP contribution in [0, 0.1) is 19.8 Å². The molecule has 1 saturated heterocycles. The van der Waals surface area contributed by atoms with Crippen LogP contribution in [0.15, 0.2) is 75.8 Å². The minimum Gasteiger partial charge on any atom is -0.385 e. The maximum atomic E-state index is 4.17. The van der Waals surface area contributed by atoms with E-state index in [0.717, 1.165) is 24.7 Å². The Morgan fingerprint density at radius 1 is 1.08 bits per heavy atom. The largest absolute Gasteiger partial charge is 0.385 e. The van der Waals surface area contributed by atoms with E-state index < -0.39 is 0 Å². The summed E-state index contributed by atoms with van der Waals surface area (Å²) >= 11 is 0. The fourth-order valence-electron chi connectivity index (χ4n) is 3.92. The van der Waals surface area contributed by atoms with Crippen LogP contribution in [0.3, 0.4) is 0 Å². The Morgan fingerprint density at radius 2 is 1.76 bits per heavy atom. The van der Waals surface area contributed by atoms with Crippen molar-refractivity contribution < 1.29 is 0 Å². The predicted octanol–water partition coefficient (Wildman–Crippen LogP) is 7.31. The van der Waals surface area contributed by atoms with Gasteiger partial charge in [-0.3, -0.25) is 14.9 Å². The number of allylic oxidation sites excluding steroid dienone is 4. The summed E-state index contributed by atoms with van der Waals surface area (Å²) in [5.74, 6) is 0.815. The van der Waals surface area contributed by atoms with Gasteiger partial charge in [-0.15, -0.1) is 0 Å². The van der Waals surface area contributed by atoms with E-state index in [9.17, 15) is 0 Å². The zero-order valence-corrected chi connectivity index (χ0v) is 24.3. The lowest BCUT2D eigenvalue weighted by molar-refractivity contribution is 0.178. The fraction of sp³-hybridized carbons (Fsp3) is 0.469. The van der Waals surface area contributed by atoms with Crippen molar-refractivity contribution in [1.82, 2.24) is 15.2 Å². The lowest BCUT2D eigenvalue weighted by Gasteiger charge is -2.32. The molecule has 1 aromatic carbocycles. The Balaban J connectivity index is 0.000000584. The maximum Gasteiger partial charge on any atom is 0.0412 e. The smallest absolute Gasteiger partial charge is 0.0412 e. The molecule has 0 saturated carbocycles. The summed E-state index contributed by atoms with van der Waals surface area (Å²) in [6.45, 7) is 23.5. The number of aromatic nitrogens is 1. The normalized spacial score (nSPS) is 13.9. The van der Waals surface area contributed by atoms with E-state index in [0.29, 0.717) is 0 Å². The number of aryl methyl sites for hydroxylation is 1. The Morgan fingerprint density at radius 3 is 2.30 bits per heavy atom. The molecule has 0 amide bonds. The summed E-state index contributed by atoms with van der Waals surface area (Å²) in [5.41, 5.74) is 9.11. The van der Waals surface area contributed by atoms with Gasteiger partial charge in [0.15, 0.2) is 0 Å². The van der Waals surface area contributed by atoms with Crippen molar-refractivity contribution in [3.8, 4) is 0 Å². The number of rotatable bonds is 8. The molecule has 1 aliphatic rings. The molecule has 202 valence electrons. The summed E-state index contributed by atoms with van der Waals surface area (Å²) in [7, 11) is 1.64. The molecule has 1 N–H and O–H groups in total. The fourth-order valence-corrected chi connectivity index (χ4v) is 3.92. The second-order valence-electron chi connectivity index (χ2n) is 9.98. The van der Waals surface area contributed by atoms with E-state index in [1.807, 2.05) is 39.2 Å². The molecule has 37 heavy (non-hydrogen) atoms. The highest BCUT2D eigenvalue weighted by Gasteiger charge is 2.19. The van der Waals surface area contributed by atoms with Gasteiger partial charge in [0.1, 0.15) is 0 Å². The van der Waals surface area contributed by atoms with Crippen LogP contribution in [0.5, 0.6) is 0 Å². The molecule has 1 fully saturated rings. The number of benzene rings is 1. The first-order valence-electron chi connectivity index (χ1n) is 13.2. The quantitative estimate of drug-likeness (QED) is 0.384. The van der Waals surface area contributed by atoms with Gasteiger partial charge in [0, 0.05) is 43.9 Å². The molecule has 1 aromatic heterocycles. The van der Waals surface area contributed by atoms with Crippen molar-refractivity contribution in [2.75, 3.05) is 20.1 Å². The van der Waals surface area contributed by atoms with Crippen molar-refractivity contribution in [3.63, 3.8) is 0 Å². The van der Waals surface area contributed by atoms with Crippen LogP contribution in [0.1, 0.15) is 69.2 Å². The maximum absolute atomic E-state index is 4.17. The van der Waals surface area contributed by atoms with E-state index in [1.54, 1.807) is 7.05 Å². The molecule has 0 aliphatic carbocycles. The van der Waals surface area contributed by atoms with Gasteiger partial charge in [-0.25, -0.2) is 0 Å². The topological polar surface area (TPSA) is 52.9 Å². The molecule has 2 heterocycles. The highest BCUT2D eigenvalue weighted by Crippen LogP contribution is 2.24. The number of nitrogens with zero attached hydrogens (tertiary/aromatic N) is 4. The number of likely N-dealkylation sites (tertiary alicyclic amines) is 1. The SMILES string of the molecule is C/C(=C\CC1CCN(Cc2cccc(C)c2C)CC1)NCc1cccnc1.C=NC.C=NC(C)=C(C)C. The van der Waals surface area contributed by atoms with Crippen LogP contribution in [0.2, 0.25) is 0 Å². The van der Waals surface area contributed by atoms with Crippen LogP contribution in [0.25, 0.3) is 0 Å². The third-order valence-corrected chi connectivity index (χ3v) is 6.83. The van der Waals surface area contributed by atoms with Crippen molar-refractivity contribution in [2.45, 2.75) is 73.9 Å². The average molecular weight is 504 g/mol. The lowest BCUT2D eigenvalue weighted by Crippen LogP contribution is -2.33. The Bertz CT molecular complexity index is 995. The summed E-state index contributed by atoms with van der Waals surface area (Å²) in [4.78, 5) is 13.8. The lowest BCUT2D eigenvalue weighted by atomic mass is 9.92. The standard InChI is InChI=1S/C24H33N3.C6H11N.C2H5N/c1-19-6-4-8-24(21(19)3)18-27-14-11-22(12-15-27)10-9-20(2)26-17-23-7-5-13-25-16-23;1-5(2)6(3)7-4;1-3-2/h4-9,13,16,22,26H,10-12,14-15,17-18H2,1-3H3;4H2,1-3H3;1H2,2H3/b20-9+;;. The zero-order chi connectivity index (χ0) is 27.6. The van der Waals surface area contributed by atoms with E-state index in [1.165, 1.54) is 65.9 Å². The average Bonchev–Trinajstić information content (AvgIpc) is 2.90. The molecule has 1 aliphatic heterocycles. The third kappa shape index (κ3) is 13.2. The second kappa shape index (κ2) is 18.2. The van der Waals surface area contributed by atoms with Gasteiger partial charge in [-0.05, 0) is 122 Å². The molecule has 0 radical (unpaired) electrons. The zero-order valence-electron chi connectivity index (χ0n) is 24.3. The second-order valence-corrected chi connectivity index (χ2v) is 9.98. The van der Waals surface area contributed by atoms with Crippen LogP contribution < -0.4 is 5.32 Å². The molecule has 0 atom stereocenters. The summed E-state index contributed by atoms with van der Waals surface area (Å²) in [6, 6.07) is 10.8. The number of hydrogen-bond donors (Lipinski definition) is 1. The first kappa shape index (κ1) is 32.0. The van der Waals surface area contributed by atoms with Gasteiger partial charge >= 0.3 is 0 Å².